The molecule has 0 saturated heterocycles. The Labute approximate surface area is 128 Å². The van der Waals surface area contributed by atoms with Crippen molar-refractivity contribution in [3.63, 3.8) is 0 Å². The third kappa shape index (κ3) is 3.40. The van der Waals surface area contributed by atoms with Gasteiger partial charge in [0.15, 0.2) is 0 Å². The summed E-state index contributed by atoms with van der Waals surface area (Å²) in [4.78, 5) is 0.195. The Kier molecular flexibility index (Phi) is 4.37. The van der Waals surface area contributed by atoms with E-state index < -0.39 is 0 Å². The van der Waals surface area contributed by atoms with Gasteiger partial charge in [-0.1, -0.05) is 84.7 Å². The molecule has 0 spiro atoms. The zero-order chi connectivity index (χ0) is 14.0. The SMILES string of the molecule is CC(C)(C)c1ccccc1C(Br)c1ccc(Cl)cc1. The van der Waals surface area contributed by atoms with Gasteiger partial charge in [0.2, 0.25) is 0 Å². The molecule has 0 aliphatic heterocycles. The van der Waals surface area contributed by atoms with Gasteiger partial charge in [-0.2, -0.15) is 0 Å². The predicted octanol–water partition coefficient (Wildman–Crippen LogP) is 6.12. The van der Waals surface area contributed by atoms with Crippen LogP contribution in [0.15, 0.2) is 48.5 Å². The lowest BCUT2D eigenvalue weighted by Gasteiger charge is -2.25. The molecule has 0 bridgehead atoms. The van der Waals surface area contributed by atoms with Crippen molar-refractivity contribution in [2.24, 2.45) is 0 Å². The lowest BCUT2D eigenvalue weighted by atomic mass is 9.82. The highest BCUT2D eigenvalue weighted by atomic mass is 79.9. The van der Waals surface area contributed by atoms with E-state index in [0.717, 1.165) is 5.02 Å². The normalized spacial score (nSPS) is 13.3. The summed E-state index contributed by atoms with van der Waals surface area (Å²) in [5.74, 6) is 0. The summed E-state index contributed by atoms with van der Waals surface area (Å²) < 4.78 is 0. The summed E-state index contributed by atoms with van der Waals surface area (Å²) in [5, 5.41) is 0.771. The van der Waals surface area contributed by atoms with E-state index in [2.05, 4.69) is 73.1 Å². The molecule has 1 atom stereocenters. The van der Waals surface area contributed by atoms with E-state index in [0.29, 0.717) is 0 Å². The zero-order valence-corrected chi connectivity index (χ0v) is 13.8. The second-order valence-corrected chi connectivity index (χ2v) is 7.10. The van der Waals surface area contributed by atoms with Crippen molar-refractivity contribution in [1.29, 1.82) is 0 Å². The molecule has 2 rings (SSSR count). The number of hydrogen-bond donors (Lipinski definition) is 0. The first-order valence-electron chi connectivity index (χ1n) is 6.38. The van der Waals surface area contributed by atoms with Crippen LogP contribution in [0.4, 0.5) is 0 Å². The second kappa shape index (κ2) is 5.68. The van der Waals surface area contributed by atoms with Crippen LogP contribution < -0.4 is 0 Å². The molecule has 2 aromatic carbocycles. The maximum atomic E-state index is 5.95. The molecule has 0 amide bonds. The quantitative estimate of drug-likeness (QED) is 0.579. The van der Waals surface area contributed by atoms with Gasteiger partial charge in [0.25, 0.3) is 0 Å². The Morgan fingerprint density at radius 2 is 1.53 bits per heavy atom. The molecule has 0 nitrogen and oxygen atoms in total. The standard InChI is InChI=1S/C17H18BrCl/c1-17(2,3)15-7-5-4-6-14(15)16(18)12-8-10-13(19)11-9-12/h4-11,16H,1-3H3. The molecule has 0 N–H and O–H groups in total. The number of rotatable bonds is 2. The molecular formula is C17H18BrCl. The van der Waals surface area contributed by atoms with Crippen molar-refractivity contribution in [2.75, 3.05) is 0 Å². The van der Waals surface area contributed by atoms with Crippen molar-refractivity contribution < 1.29 is 0 Å². The van der Waals surface area contributed by atoms with Gasteiger partial charge in [-0.15, -0.1) is 0 Å². The monoisotopic (exact) mass is 336 g/mol. The minimum absolute atomic E-state index is 0.134. The highest BCUT2D eigenvalue weighted by Crippen LogP contribution is 2.37. The van der Waals surface area contributed by atoms with Gasteiger partial charge in [-0.05, 0) is 34.2 Å². The fourth-order valence-corrected chi connectivity index (χ4v) is 3.04. The molecule has 19 heavy (non-hydrogen) atoms. The van der Waals surface area contributed by atoms with Crippen molar-refractivity contribution in [1.82, 2.24) is 0 Å². The van der Waals surface area contributed by atoms with Crippen molar-refractivity contribution >= 4 is 27.5 Å². The molecule has 0 radical (unpaired) electrons. The first kappa shape index (κ1) is 14.6. The molecule has 2 heteroatoms. The van der Waals surface area contributed by atoms with E-state index >= 15 is 0 Å². The minimum atomic E-state index is 0.134. The van der Waals surface area contributed by atoms with Crippen molar-refractivity contribution in [3.8, 4) is 0 Å². The molecule has 1 unspecified atom stereocenters. The van der Waals surface area contributed by atoms with Gasteiger partial charge in [0, 0.05) is 5.02 Å². The fraction of sp³-hybridized carbons (Fsp3) is 0.294. The molecule has 2 aromatic rings. The summed E-state index contributed by atoms with van der Waals surface area (Å²) in [5.41, 5.74) is 4.04. The van der Waals surface area contributed by atoms with Crippen molar-refractivity contribution in [2.45, 2.75) is 31.0 Å². The molecular weight excluding hydrogens is 320 g/mol. The Hall–Kier alpha value is -0.790. The zero-order valence-electron chi connectivity index (χ0n) is 11.5. The largest absolute Gasteiger partial charge is 0.0843 e. The smallest absolute Gasteiger partial charge is 0.0647 e. The first-order valence-corrected chi connectivity index (χ1v) is 7.68. The lowest BCUT2D eigenvalue weighted by molar-refractivity contribution is 0.584. The lowest BCUT2D eigenvalue weighted by Crippen LogP contribution is -2.15. The van der Waals surface area contributed by atoms with Crippen LogP contribution in [0, 0.1) is 0 Å². The van der Waals surface area contributed by atoms with E-state index in [1.54, 1.807) is 0 Å². The molecule has 100 valence electrons. The number of halogens is 2. The van der Waals surface area contributed by atoms with E-state index in [9.17, 15) is 0 Å². The van der Waals surface area contributed by atoms with Crippen LogP contribution in [0.25, 0.3) is 0 Å². The van der Waals surface area contributed by atoms with Gasteiger partial charge in [-0.25, -0.2) is 0 Å². The summed E-state index contributed by atoms with van der Waals surface area (Å²) in [6, 6.07) is 16.6. The van der Waals surface area contributed by atoms with E-state index in [4.69, 9.17) is 11.6 Å². The highest BCUT2D eigenvalue weighted by Gasteiger charge is 2.21. The second-order valence-electron chi connectivity index (χ2n) is 5.75. The number of hydrogen-bond acceptors (Lipinski definition) is 0. The molecule has 0 saturated carbocycles. The topological polar surface area (TPSA) is 0 Å². The average molecular weight is 338 g/mol. The van der Waals surface area contributed by atoms with Crippen LogP contribution >= 0.6 is 27.5 Å². The average Bonchev–Trinajstić information content (AvgIpc) is 2.38. The number of benzene rings is 2. The fourth-order valence-electron chi connectivity index (χ4n) is 2.21. The molecule has 0 aromatic heterocycles. The van der Waals surface area contributed by atoms with Crippen LogP contribution in [0.5, 0.6) is 0 Å². The Bertz CT molecular complexity index is 552. The maximum absolute atomic E-state index is 5.95. The van der Waals surface area contributed by atoms with Gasteiger partial charge in [-0.3, -0.25) is 0 Å². The van der Waals surface area contributed by atoms with Crippen molar-refractivity contribution in [3.05, 3.63) is 70.2 Å². The third-order valence-corrected chi connectivity index (χ3v) is 4.48. The predicted molar refractivity (Wildman–Crippen MR) is 87.4 cm³/mol. The summed E-state index contributed by atoms with van der Waals surface area (Å²) in [7, 11) is 0. The third-order valence-electron chi connectivity index (χ3n) is 3.20. The van der Waals surface area contributed by atoms with E-state index in [-0.39, 0.29) is 10.2 Å². The summed E-state index contributed by atoms with van der Waals surface area (Å²) in [6.07, 6.45) is 0. The maximum Gasteiger partial charge on any atom is 0.0647 e. The Morgan fingerprint density at radius 3 is 2.11 bits per heavy atom. The van der Waals surface area contributed by atoms with Crippen LogP contribution in [0.2, 0.25) is 5.02 Å². The van der Waals surface area contributed by atoms with E-state index in [1.165, 1.54) is 16.7 Å². The van der Waals surface area contributed by atoms with Gasteiger partial charge < -0.3 is 0 Å². The minimum Gasteiger partial charge on any atom is -0.0843 e. The summed E-state index contributed by atoms with van der Waals surface area (Å²) in [6.45, 7) is 6.73. The van der Waals surface area contributed by atoms with Gasteiger partial charge >= 0.3 is 0 Å². The molecule has 0 aliphatic carbocycles. The molecule has 0 fully saturated rings. The molecule has 0 heterocycles. The number of alkyl halides is 1. The van der Waals surface area contributed by atoms with E-state index in [1.807, 2.05) is 12.1 Å². The summed E-state index contributed by atoms with van der Waals surface area (Å²) >= 11 is 9.77. The van der Waals surface area contributed by atoms with Crippen LogP contribution in [-0.2, 0) is 5.41 Å². The Balaban J connectivity index is 2.44. The Morgan fingerprint density at radius 1 is 0.947 bits per heavy atom. The van der Waals surface area contributed by atoms with Gasteiger partial charge in [0.1, 0.15) is 0 Å². The van der Waals surface area contributed by atoms with Crippen LogP contribution in [0.1, 0.15) is 42.3 Å². The first-order chi connectivity index (χ1) is 8.89. The molecule has 0 aliphatic rings. The van der Waals surface area contributed by atoms with Crippen LogP contribution in [0.3, 0.4) is 0 Å². The highest BCUT2D eigenvalue weighted by molar-refractivity contribution is 9.09. The van der Waals surface area contributed by atoms with Gasteiger partial charge in [0.05, 0.1) is 4.83 Å². The van der Waals surface area contributed by atoms with Crippen LogP contribution in [-0.4, -0.2) is 0 Å².